The van der Waals surface area contributed by atoms with Crippen molar-refractivity contribution in [2.75, 3.05) is 13.1 Å². The highest BCUT2D eigenvalue weighted by Gasteiger charge is 2.16. The van der Waals surface area contributed by atoms with Crippen molar-refractivity contribution >= 4 is 5.91 Å². The Balaban J connectivity index is 2.41. The SMILES string of the molecule is C[C@@H](O)CN1CCCCCCC1=O. The summed E-state index contributed by atoms with van der Waals surface area (Å²) < 4.78 is 0. The third kappa shape index (κ3) is 3.77. The molecule has 0 saturated carbocycles. The van der Waals surface area contributed by atoms with Gasteiger partial charge in [0.1, 0.15) is 0 Å². The van der Waals surface area contributed by atoms with Gasteiger partial charge in [-0.05, 0) is 19.8 Å². The van der Waals surface area contributed by atoms with Crippen LogP contribution in [0, 0.1) is 0 Å². The van der Waals surface area contributed by atoms with Crippen molar-refractivity contribution in [2.45, 2.75) is 45.1 Å². The summed E-state index contributed by atoms with van der Waals surface area (Å²) in [6.07, 6.45) is 4.74. The Hall–Kier alpha value is -0.570. The number of carbonyl (C=O) groups excluding carboxylic acids is 1. The Morgan fingerprint density at radius 2 is 2.08 bits per heavy atom. The number of hydrogen-bond acceptors (Lipinski definition) is 2. The normalized spacial score (nSPS) is 22.3. The summed E-state index contributed by atoms with van der Waals surface area (Å²) in [5.74, 6) is 0.209. The Bertz CT molecular complexity index is 168. The second-order valence-electron chi connectivity index (χ2n) is 3.85. The molecule has 0 bridgehead atoms. The molecule has 1 amide bonds. The molecule has 0 unspecified atom stereocenters. The first-order valence-corrected chi connectivity index (χ1v) is 5.16. The van der Waals surface area contributed by atoms with E-state index in [9.17, 15) is 9.90 Å². The van der Waals surface area contributed by atoms with Gasteiger partial charge >= 0.3 is 0 Å². The van der Waals surface area contributed by atoms with Gasteiger partial charge in [0.15, 0.2) is 0 Å². The maximum atomic E-state index is 11.5. The fraction of sp³-hybridized carbons (Fsp3) is 0.900. The van der Waals surface area contributed by atoms with Crippen LogP contribution in [0.2, 0.25) is 0 Å². The topological polar surface area (TPSA) is 40.5 Å². The average Bonchev–Trinajstić information content (AvgIpc) is 2.04. The first-order valence-electron chi connectivity index (χ1n) is 5.16. The van der Waals surface area contributed by atoms with Crippen LogP contribution in [-0.2, 0) is 4.79 Å². The van der Waals surface area contributed by atoms with Gasteiger partial charge in [0.2, 0.25) is 5.91 Å². The molecule has 3 heteroatoms. The van der Waals surface area contributed by atoms with Crippen LogP contribution >= 0.6 is 0 Å². The van der Waals surface area contributed by atoms with Crippen LogP contribution in [0.4, 0.5) is 0 Å². The standard InChI is InChI=1S/C10H19NO2/c1-9(12)8-11-7-5-3-2-4-6-10(11)13/h9,12H,2-8H2,1H3/t9-/m1/s1. The molecule has 0 radical (unpaired) electrons. The molecule has 1 aliphatic heterocycles. The zero-order valence-corrected chi connectivity index (χ0v) is 8.33. The fourth-order valence-corrected chi connectivity index (χ4v) is 1.73. The second kappa shape index (κ2) is 5.22. The summed E-state index contributed by atoms with van der Waals surface area (Å²) in [7, 11) is 0. The maximum absolute atomic E-state index is 11.5. The molecule has 0 aromatic carbocycles. The minimum atomic E-state index is -0.400. The van der Waals surface area contributed by atoms with Crippen LogP contribution in [0.15, 0.2) is 0 Å². The van der Waals surface area contributed by atoms with Crippen molar-refractivity contribution in [1.82, 2.24) is 4.90 Å². The van der Waals surface area contributed by atoms with E-state index in [2.05, 4.69) is 0 Å². The third-order valence-corrected chi connectivity index (χ3v) is 2.41. The molecule has 1 saturated heterocycles. The Morgan fingerprint density at radius 1 is 1.38 bits per heavy atom. The molecule has 1 atom stereocenters. The van der Waals surface area contributed by atoms with Gasteiger partial charge < -0.3 is 10.0 Å². The van der Waals surface area contributed by atoms with E-state index in [1.807, 2.05) is 0 Å². The lowest BCUT2D eigenvalue weighted by Gasteiger charge is -2.25. The summed E-state index contributed by atoms with van der Waals surface area (Å²) in [6.45, 7) is 3.05. The van der Waals surface area contributed by atoms with Gasteiger partial charge in [0, 0.05) is 19.5 Å². The highest BCUT2D eigenvalue weighted by Crippen LogP contribution is 2.11. The summed E-state index contributed by atoms with van der Waals surface area (Å²) in [5.41, 5.74) is 0. The second-order valence-corrected chi connectivity index (χ2v) is 3.85. The molecule has 76 valence electrons. The predicted molar refractivity (Wildman–Crippen MR) is 51.3 cm³/mol. The first kappa shape index (κ1) is 10.5. The molecule has 0 spiro atoms. The highest BCUT2D eigenvalue weighted by atomic mass is 16.3. The summed E-state index contributed by atoms with van der Waals surface area (Å²) in [6, 6.07) is 0. The first-order chi connectivity index (χ1) is 6.20. The van der Waals surface area contributed by atoms with Crippen molar-refractivity contribution in [1.29, 1.82) is 0 Å². The lowest BCUT2D eigenvalue weighted by Crippen LogP contribution is -2.37. The molecule has 0 aromatic rings. The number of rotatable bonds is 2. The molecular weight excluding hydrogens is 166 g/mol. The van der Waals surface area contributed by atoms with E-state index < -0.39 is 6.10 Å². The molecule has 0 aromatic heterocycles. The highest BCUT2D eigenvalue weighted by molar-refractivity contribution is 5.76. The number of aliphatic hydroxyl groups is 1. The van der Waals surface area contributed by atoms with Crippen LogP contribution in [0.25, 0.3) is 0 Å². The number of aliphatic hydroxyl groups excluding tert-OH is 1. The monoisotopic (exact) mass is 185 g/mol. The number of nitrogens with zero attached hydrogens (tertiary/aromatic N) is 1. The van der Waals surface area contributed by atoms with Gasteiger partial charge in [-0.3, -0.25) is 4.79 Å². The van der Waals surface area contributed by atoms with Crippen LogP contribution in [0.1, 0.15) is 39.0 Å². The third-order valence-electron chi connectivity index (χ3n) is 2.41. The summed E-state index contributed by atoms with van der Waals surface area (Å²) >= 11 is 0. The van der Waals surface area contributed by atoms with Gasteiger partial charge in [0.05, 0.1) is 6.10 Å². The van der Waals surface area contributed by atoms with Crippen molar-refractivity contribution in [2.24, 2.45) is 0 Å². The maximum Gasteiger partial charge on any atom is 0.222 e. The molecule has 1 aliphatic rings. The van der Waals surface area contributed by atoms with E-state index in [1.54, 1.807) is 11.8 Å². The minimum absolute atomic E-state index is 0.209. The molecule has 13 heavy (non-hydrogen) atoms. The van der Waals surface area contributed by atoms with E-state index in [0.717, 1.165) is 19.4 Å². The number of amides is 1. The minimum Gasteiger partial charge on any atom is -0.392 e. The van der Waals surface area contributed by atoms with E-state index in [1.165, 1.54) is 12.8 Å². The van der Waals surface area contributed by atoms with Crippen LogP contribution < -0.4 is 0 Å². The molecule has 0 aliphatic carbocycles. The lowest BCUT2D eigenvalue weighted by molar-refractivity contribution is -0.133. The number of carbonyl (C=O) groups is 1. The molecule has 1 fully saturated rings. The average molecular weight is 185 g/mol. The van der Waals surface area contributed by atoms with E-state index >= 15 is 0 Å². The molecular formula is C10H19NO2. The van der Waals surface area contributed by atoms with E-state index in [4.69, 9.17) is 0 Å². The Labute approximate surface area is 79.7 Å². The predicted octanol–water partition coefficient (Wildman–Crippen LogP) is 1.16. The number of β-amino-alcohol motifs (C(OH)–C–C–N with tert-alkyl or cyclic N) is 1. The van der Waals surface area contributed by atoms with Crippen molar-refractivity contribution < 1.29 is 9.90 Å². The largest absolute Gasteiger partial charge is 0.392 e. The van der Waals surface area contributed by atoms with Crippen molar-refractivity contribution in [3.63, 3.8) is 0 Å². The summed E-state index contributed by atoms with van der Waals surface area (Å²) in [4.78, 5) is 13.3. The van der Waals surface area contributed by atoms with Crippen molar-refractivity contribution in [3.8, 4) is 0 Å². The van der Waals surface area contributed by atoms with Crippen LogP contribution in [-0.4, -0.2) is 35.1 Å². The smallest absolute Gasteiger partial charge is 0.222 e. The molecule has 3 nitrogen and oxygen atoms in total. The molecule has 1 heterocycles. The van der Waals surface area contributed by atoms with Crippen LogP contribution in [0.5, 0.6) is 0 Å². The van der Waals surface area contributed by atoms with Crippen LogP contribution in [0.3, 0.4) is 0 Å². The molecule has 1 rings (SSSR count). The van der Waals surface area contributed by atoms with Gasteiger partial charge in [-0.15, -0.1) is 0 Å². The van der Waals surface area contributed by atoms with Gasteiger partial charge in [-0.1, -0.05) is 12.8 Å². The fourth-order valence-electron chi connectivity index (χ4n) is 1.73. The van der Waals surface area contributed by atoms with Gasteiger partial charge in [-0.25, -0.2) is 0 Å². The van der Waals surface area contributed by atoms with Gasteiger partial charge in [-0.2, -0.15) is 0 Å². The lowest BCUT2D eigenvalue weighted by atomic mass is 10.1. The molecule has 1 N–H and O–H groups in total. The number of hydrogen-bond donors (Lipinski definition) is 1. The van der Waals surface area contributed by atoms with Crippen molar-refractivity contribution in [3.05, 3.63) is 0 Å². The zero-order valence-electron chi connectivity index (χ0n) is 8.33. The van der Waals surface area contributed by atoms with Gasteiger partial charge in [0.25, 0.3) is 0 Å². The Morgan fingerprint density at radius 3 is 2.77 bits per heavy atom. The van der Waals surface area contributed by atoms with E-state index in [-0.39, 0.29) is 5.91 Å². The zero-order chi connectivity index (χ0) is 9.68. The quantitative estimate of drug-likeness (QED) is 0.701. The number of likely N-dealkylation sites (tertiary alicyclic amines) is 1. The Kier molecular flexibility index (Phi) is 4.22. The van der Waals surface area contributed by atoms with E-state index in [0.29, 0.717) is 13.0 Å². The summed E-state index contributed by atoms with van der Waals surface area (Å²) in [5, 5.41) is 9.19.